The first-order chi connectivity index (χ1) is 8.24. The first kappa shape index (κ1) is 20.5. The molecule has 0 spiro atoms. The third-order valence-electron chi connectivity index (χ3n) is 2.44. The van der Waals surface area contributed by atoms with Gasteiger partial charge in [0.2, 0.25) is 0 Å². The zero-order valence-electron chi connectivity index (χ0n) is 10.4. The van der Waals surface area contributed by atoms with Crippen molar-refractivity contribution in [1.82, 2.24) is 0 Å². The van der Waals surface area contributed by atoms with Crippen molar-refractivity contribution in [3.63, 3.8) is 0 Å². The molecule has 4 nitrogen and oxygen atoms in total. The van der Waals surface area contributed by atoms with Crippen LogP contribution in [0.3, 0.4) is 0 Å². The van der Waals surface area contributed by atoms with Gasteiger partial charge < -0.3 is 24.8 Å². The summed E-state index contributed by atoms with van der Waals surface area (Å²) in [5.41, 5.74) is 0. The van der Waals surface area contributed by atoms with Crippen LogP contribution in [0, 0.1) is 0 Å². The number of ether oxygens (including phenoxy) is 2. The van der Waals surface area contributed by atoms with Crippen molar-refractivity contribution in [1.29, 1.82) is 0 Å². The summed E-state index contributed by atoms with van der Waals surface area (Å²) in [4.78, 5) is 0. The van der Waals surface area contributed by atoms with Crippen LogP contribution in [-0.4, -0.2) is 24.5 Å². The molecule has 0 bridgehead atoms. The number of hydrogen-bond acceptors (Lipinski definition) is 6. The Kier molecular flexibility index (Phi) is 10.2. The van der Waals surface area contributed by atoms with E-state index in [9.17, 15) is 0 Å². The van der Waals surface area contributed by atoms with Gasteiger partial charge in [0.05, 0.1) is 0 Å². The minimum absolute atomic E-state index is 0. The van der Waals surface area contributed by atoms with E-state index in [1.807, 2.05) is 23.0 Å². The number of halogens is 2. The molecule has 0 amide bonds. The van der Waals surface area contributed by atoms with Crippen molar-refractivity contribution in [2.45, 2.75) is 23.1 Å². The largest absolute Gasteiger partial charge is 1.00 e. The summed E-state index contributed by atoms with van der Waals surface area (Å²) in [6.45, 7) is 0. The molecule has 0 aromatic carbocycles. The van der Waals surface area contributed by atoms with Crippen molar-refractivity contribution < 1.29 is 64.0 Å². The molecule has 2 rings (SSSR count). The van der Waals surface area contributed by atoms with E-state index in [4.69, 9.17) is 15.1 Å². The van der Waals surface area contributed by atoms with E-state index in [-0.39, 0.29) is 24.8 Å². The smallest absolute Gasteiger partial charge is 1.00 e. The van der Waals surface area contributed by atoms with Gasteiger partial charge in [0.25, 0.3) is 0 Å². The first-order valence-corrected chi connectivity index (χ1v) is 8.88. The van der Waals surface area contributed by atoms with Crippen LogP contribution in [0.5, 0.6) is 0 Å². The molecule has 0 fully saturated rings. The molecule has 0 saturated carbocycles. The molecule has 2 heterocycles. The fraction of sp³-hybridized carbons (Fsp3) is 0.600. The van der Waals surface area contributed by atoms with Gasteiger partial charge in [-0.05, 0) is 0 Å². The van der Waals surface area contributed by atoms with Gasteiger partial charge in [0.1, 0.15) is 0 Å². The maximum Gasteiger partial charge on any atom is -1.00 e. The number of rotatable bonds is 6. The summed E-state index contributed by atoms with van der Waals surface area (Å²) in [6, 6.07) is 0. The predicted molar refractivity (Wildman–Crippen MR) is 64.3 cm³/mol. The van der Waals surface area contributed by atoms with Gasteiger partial charge in [0, 0.05) is 0 Å². The Labute approximate surface area is 147 Å². The third kappa shape index (κ3) is 5.31. The molecule has 19 heavy (non-hydrogen) atoms. The number of hydrogen-bond donors (Lipinski definition) is 0. The van der Waals surface area contributed by atoms with Gasteiger partial charge in [-0.15, -0.1) is 0 Å². The molecular formula is C10H14Cl2O4S2Zr. The van der Waals surface area contributed by atoms with Crippen LogP contribution in [0.25, 0.3) is 0 Å². The molecular weight excluding hydrogens is 410 g/mol. The Morgan fingerprint density at radius 3 is 1.58 bits per heavy atom. The van der Waals surface area contributed by atoms with Crippen molar-refractivity contribution >= 4 is 23.5 Å². The average molecular weight is 424 g/mol. The molecule has 2 aliphatic heterocycles. The van der Waals surface area contributed by atoms with Crippen LogP contribution in [0.15, 0.2) is 23.0 Å². The SMILES string of the molecule is COC1([O][Zr+2][O]C2(OC)CC=CS2)CC=CS1.[Cl-].[Cl-]. The summed E-state index contributed by atoms with van der Waals surface area (Å²) >= 11 is 1.66. The minimum Gasteiger partial charge on any atom is -1.00 e. The van der Waals surface area contributed by atoms with Crippen LogP contribution in [-0.2, 0) is 39.2 Å². The van der Waals surface area contributed by atoms with E-state index in [0.29, 0.717) is 0 Å². The van der Waals surface area contributed by atoms with Crippen molar-refractivity contribution in [3.05, 3.63) is 23.0 Å². The second kappa shape index (κ2) is 9.49. The number of methoxy groups -OCH3 is 2. The minimum atomic E-state index is -1.45. The predicted octanol–water partition coefficient (Wildman–Crippen LogP) is -3.16. The quantitative estimate of drug-likeness (QED) is 0.419. The van der Waals surface area contributed by atoms with Gasteiger partial charge in [-0.25, -0.2) is 0 Å². The van der Waals surface area contributed by atoms with E-state index in [0.717, 1.165) is 12.8 Å². The first-order valence-electron chi connectivity index (χ1n) is 5.11. The fourth-order valence-electron chi connectivity index (χ4n) is 1.41. The number of thioether (sulfide) groups is 2. The van der Waals surface area contributed by atoms with Crippen molar-refractivity contribution in [3.8, 4) is 0 Å². The van der Waals surface area contributed by atoms with Crippen molar-refractivity contribution in [2.24, 2.45) is 0 Å². The van der Waals surface area contributed by atoms with Gasteiger partial charge in [-0.1, -0.05) is 0 Å². The van der Waals surface area contributed by atoms with Gasteiger partial charge in [0.15, 0.2) is 0 Å². The average Bonchev–Trinajstić information content (AvgIpc) is 2.99. The Morgan fingerprint density at radius 1 is 0.895 bits per heavy atom. The summed E-state index contributed by atoms with van der Waals surface area (Å²) < 4.78 is 22.5. The Bertz CT molecular complexity index is 285. The summed E-state index contributed by atoms with van der Waals surface area (Å²) in [5, 5.41) is 2.89. The van der Waals surface area contributed by atoms with Crippen LogP contribution < -0.4 is 24.8 Å². The summed E-state index contributed by atoms with van der Waals surface area (Å²) in [6.07, 6.45) is 5.63. The molecule has 0 aliphatic carbocycles. The molecule has 0 radical (unpaired) electrons. The van der Waals surface area contributed by atoms with Gasteiger partial charge in [-0.2, -0.15) is 0 Å². The zero-order valence-corrected chi connectivity index (χ0v) is 16.0. The van der Waals surface area contributed by atoms with E-state index >= 15 is 0 Å². The van der Waals surface area contributed by atoms with Crippen LogP contribution in [0.2, 0.25) is 0 Å². The molecule has 0 aromatic heterocycles. The Balaban J connectivity index is 0.00000162. The monoisotopic (exact) mass is 422 g/mol. The van der Waals surface area contributed by atoms with Crippen molar-refractivity contribution in [2.75, 3.05) is 14.2 Å². The molecule has 2 unspecified atom stereocenters. The Hall–Kier alpha value is 1.48. The third-order valence-corrected chi connectivity index (χ3v) is 7.41. The van der Waals surface area contributed by atoms with E-state index < -0.39 is 34.4 Å². The second-order valence-electron chi connectivity index (χ2n) is 3.45. The van der Waals surface area contributed by atoms with Gasteiger partial charge in [-0.3, -0.25) is 0 Å². The summed E-state index contributed by atoms with van der Waals surface area (Å²) in [7, 11) is 3.33. The van der Waals surface area contributed by atoms with E-state index in [1.165, 1.54) is 0 Å². The molecule has 9 heteroatoms. The maximum absolute atomic E-state index is 5.83. The van der Waals surface area contributed by atoms with E-state index in [1.54, 1.807) is 37.7 Å². The topological polar surface area (TPSA) is 36.9 Å². The standard InChI is InChI=1S/2C5H7O2S.2ClH.Zr/c2*1-7-5(6)3-2-4-8-5;;;/h2*2,4H,3H2,1H3;2*1H;/q2*-1;;;+4/p-2. The molecule has 2 atom stereocenters. The normalized spacial score (nSPS) is 31.7. The zero-order chi connectivity index (χ0) is 12.2. The molecule has 0 saturated heterocycles. The van der Waals surface area contributed by atoms with Crippen LogP contribution in [0.1, 0.15) is 12.8 Å². The van der Waals surface area contributed by atoms with Crippen LogP contribution >= 0.6 is 23.5 Å². The fourth-order valence-corrected chi connectivity index (χ4v) is 5.54. The van der Waals surface area contributed by atoms with Crippen LogP contribution in [0.4, 0.5) is 0 Å². The summed E-state index contributed by atoms with van der Waals surface area (Å²) in [5.74, 6) is 0. The second-order valence-corrected chi connectivity index (χ2v) is 7.12. The molecule has 2 aliphatic rings. The maximum atomic E-state index is 5.83. The Morgan fingerprint density at radius 2 is 1.32 bits per heavy atom. The van der Waals surface area contributed by atoms with Gasteiger partial charge >= 0.3 is 123 Å². The van der Waals surface area contributed by atoms with E-state index in [2.05, 4.69) is 0 Å². The molecule has 108 valence electrons. The molecule has 0 aromatic rings. The molecule has 0 N–H and O–H groups in total.